The van der Waals surface area contributed by atoms with Crippen LogP contribution in [-0.2, 0) is 14.3 Å². The van der Waals surface area contributed by atoms with Crippen LogP contribution in [0.4, 0.5) is 0 Å². The van der Waals surface area contributed by atoms with E-state index in [0.29, 0.717) is 25.9 Å². The summed E-state index contributed by atoms with van der Waals surface area (Å²) >= 11 is 0. The molecule has 0 aliphatic heterocycles. The van der Waals surface area contributed by atoms with Gasteiger partial charge >= 0.3 is 5.97 Å². The molecule has 6 nitrogen and oxygen atoms in total. The zero-order chi connectivity index (χ0) is 45.8. The highest BCUT2D eigenvalue weighted by Gasteiger charge is 2.20. The maximum atomic E-state index is 12.5. The van der Waals surface area contributed by atoms with Crippen LogP contribution in [0.1, 0.15) is 303 Å². The van der Waals surface area contributed by atoms with Crippen LogP contribution in [0.2, 0.25) is 0 Å². The van der Waals surface area contributed by atoms with E-state index >= 15 is 0 Å². The first-order valence-corrected chi connectivity index (χ1v) is 28.1. The summed E-state index contributed by atoms with van der Waals surface area (Å²) in [5.41, 5.74) is 0. The second-order valence-corrected chi connectivity index (χ2v) is 19.3. The summed E-state index contributed by atoms with van der Waals surface area (Å²) in [6.45, 7) is 4.91. The molecule has 0 spiro atoms. The Hall–Kier alpha value is -1.66. The highest BCUT2D eigenvalue weighted by molar-refractivity contribution is 5.76. The molecule has 2 atom stereocenters. The molecule has 2 unspecified atom stereocenters. The summed E-state index contributed by atoms with van der Waals surface area (Å²) in [5, 5.41) is 23.3. The van der Waals surface area contributed by atoms with E-state index in [-0.39, 0.29) is 18.5 Å². The van der Waals surface area contributed by atoms with Crippen molar-refractivity contribution >= 4 is 11.9 Å². The maximum Gasteiger partial charge on any atom is 0.305 e. The number of aliphatic hydroxyl groups is 2. The van der Waals surface area contributed by atoms with Gasteiger partial charge in [-0.25, -0.2) is 0 Å². The molecule has 63 heavy (non-hydrogen) atoms. The number of aliphatic hydroxyl groups excluding tert-OH is 2. The molecule has 0 aliphatic carbocycles. The van der Waals surface area contributed by atoms with Crippen molar-refractivity contribution < 1.29 is 24.5 Å². The number of amides is 1. The van der Waals surface area contributed by atoms with Gasteiger partial charge in [-0.2, -0.15) is 0 Å². The average Bonchev–Trinajstić information content (AvgIpc) is 3.28. The zero-order valence-electron chi connectivity index (χ0n) is 42.3. The van der Waals surface area contributed by atoms with Crippen molar-refractivity contribution in [1.29, 1.82) is 0 Å². The second-order valence-electron chi connectivity index (χ2n) is 19.3. The summed E-state index contributed by atoms with van der Waals surface area (Å²) in [4.78, 5) is 24.5. The first-order valence-electron chi connectivity index (χ1n) is 28.1. The second kappa shape index (κ2) is 53.0. The Bertz CT molecular complexity index is 982. The number of rotatable bonds is 52. The van der Waals surface area contributed by atoms with E-state index in [1.54, 1.807) is 0 Å². The van der Waals surface area contributed by atoms with Gasteiger partial charge in [0.25, 0.3) is 0 Å². The Morgan fingerprint density at radius 1 is 0.444 bits per heavy atom. The highest BCUT2D eigenvalue weighted by Crippen LogP contribution is 2.17. The molecule has 1 amide bonds. The van der Waals surface area contributed by atoms with Crippen molar-refractivity contribution in [2.24, 2.45) is 0 Å². The molecule has 0 aliphatic rings. The minimum Gasteiger partial charge on any atom is -0.466 e. The third kappa shape index (κ3) is 49.6. The van der Waals surface area contributed by atoms with Crippen molar-refractivity contribution in [1.82, 2.24) is 5.32 Å². The molecule has 0 rings (SSSR count). The van der Waals surface area contributed by atoms with Gasteiger partial charge in [0, 0.05) is 12.8 Å². The molecule has 0 heterocycles. The van der Waals surface area contributed by atoms with Gasteiger partial charge in [0.05, 0.1) is 25.4 Å². The summed E-state index contributed by atoms with van der Waals surface area (Å²) in [5.74, 6) is -0.0656. The molecular weight excluding hydrogens is 779 g/mol. The van der Waals surface area contributed by atoms with E-state index in [1.165, 1.54) is 205 Å². The largest absolute Gasteiger partial charge is 0.466 e. The van der Waals surface area contributed by atoms with Crippen molar-refractivity contribution in [2.45, 2.75) is 315 Å². The summed E-state index contributed by atoms with van der Waals surface area (Å²) in [6, 6.07) is -0.553. The molecule has 0 aromatic carbocycles. The van der Waals surface area contributed by atoms with Gasteiger partial charge < -0.3 is 20.3 Å². The number of hydrogen-bond donors (Lipinski definition) is 3. The number of hydrogen-bond acceptors (Lipinski definition) is 5. The normalized spacial score (nSPS) is 12.8. The van der Waals surface area contributed by atoms with E-state index in [9.17, 15) is 19.8 Å². The SMILES string of the molecule is CCCCCC/C=C\C/C=C\CCCCCCCCCC(=O)OCCCCCCCCCCCCCCC(=O)NC(CO)C(O)CCCCCCCCCCCCCCCCCC. The van der Waals surface area contributed by atoms with Gasteiger partial charge in [-0.15, -0.1) is 0 Å². The van der Waals surface area contributed by atoms with Crippen LogP contribution < -0.4 is 5.32 Å². The van der Waals surface area contributed by atoms with Gasteiger partial charge in [0.15, 0.2) is 0 Å². The lowest BCUT2D eigenvalue weighted by atomic mass is 10.0. The fourth-order valence-electron chi connectivity index (χ4n) is 8.67. The Balaban J connectivity index is 3.45. The van der Waals surface area contributed by atoms with Crippen LogP contribution in [0.5, 0.6) is 0 Å². The van der Waals surface area contributed by atoms with Crippen LogP contribution in [0.15, 0.2) is 24.3 Å². The van der Waals surface area contributed by atoms with Crippen molar-refractivity contribution in [2.75, 3.05) is 13.2 Å². The van der Waals surface area contributed by atoms with Crippen LogP contribution in [0.3, 0.4) is 0 Å². The molecular formula is C57H109NO5. The van der Waals surface area contributed by atoms with E-state index in [0.717, 1.165) is 64.2 Å². The Kier molecular flexibility index (Phi) is 51.6. The topological polar surface area (TPSA) is 95.9 Å². The number of esters is 1. The van der Waals surface area contributed by atoms with Gasteiger partial charge in [-0.3, -0.25) is 9.59 Å². The van der Waals surface area contributed by atoms with Crippen molar-refractivity contribution in [3.8, 4) is 0 Å². The fourth-order valence-corrected chi connectivity index (χ4v) is 8.67. The van der Waals surface area contributed by atoms with Crippen molar-refractivity contribution in [3.05, 3.63) is 24.3 Å². The number of allylic oxidation sites excluding steroid dienone is 4. The molecule has 0 bridgehead atoms. The minimum absolute atomic E-state index is 0.0161. The van der Waals surface area contributed by atoms with Gasteiger partial charge in [-0.05, 0) is 57.8 Å². The number of nitrogens with one attached hydrogen (secondary N) is 1. The van der Waals surface area contributed by atoms with Crippen LogP contribution >= 0.6 is 0 Å². The van der Waals surface area contributed by atoms with E-state index < -0.39 is 12.1 Å². The quantitative estimate of drug-likeness (QED) is 0.0321. The summed E-state index contributed by atoms with van der Waals surface area (Å²) in [6.07, 6.45) is 62.9. The van der Waals surface area contributed by atoms with Gasteiger partial charge in [-0.1, -0.05) is 256 Å². The molecule has 372 valence electrons. The molecule has 0 saturated carbocycles. The standard InChI is InChI=1S/C57H109NO5/c1-3-5-7-9-11-13-15-17-19-21-22-24-26-31-35-39-43-47-51-57(62)63-52-48-44-40-36-32-28-27-30-34-38-42-46-50-56(61)58-54(53-59)55(60)49-45-41-37-33-29-25-23-20-18-16-14-12-10-8-6-4-2/h13,15,19,21,54-55,59-60H,3-12,14,16-18,20,22-53H2,1-2H3,(H,58,61)/b15-13-,21-19-. The lowest BCUT2D eigenvalue weighted by molar-refractivity contribution is -0.143. The number of ether oxygens (including phenoxy) is 1. The monoisotopic (exact) mass is 888 g/mol. The average molecular weight is 889 g/mol. The summed E-state index contributed by atoms with van der Waals surface area (Å²) < 4.78 is 5.47. The Labute approximate surface area is 392 Å². The molecule has 0 radical (unpaired) electrons. The fraction of sp³-hybridized carbons (Fsp3) is 0.895. The van der Waals surface area contributed by atoms with E-state index in [2.05, 4.69) is 43.5 Å². The highest BCUT2D eigenvalue weighted by atomic mass is 16.5. The molecule has 6 heteroatoms. The summed E-state index contributed by atoms with van der Waals surface area (Å²) in [7, 11) is 0. The predicted octanol–water partition coefficient (Wildman–Crippen LogP) is 17.1. The Morgan fingerprint density at radius 2 is 0.794 bits per heavy atom. The minimum atomic E-state index is -0.675. The smallest absolute Gasteiger partial charge is 0.305 e. The lowest BCUT2D eigenvalue weighted by Gasteiger charge is -2.22. The third-order valence-electron chi connectivity index (χ3n) is 13.0. The lowest BCUT2D eigenvalue weighted by Crippen LogP contribution is -2.45. The molecule has 0 aromatic heterocycles. The number of unbranched alkanes of at least 4 members (excludes halogenated alkanes) is 37. The Morgan fingerprint density at radius 3 is 1.22 bits per heavy atom. The molecule has 0 aromatic rings. The number of carbonyl (C=O) groups is 2. The van der Waals surface area contributed by atoms with E-state index in [4.69, 9.17) is 4.74 Å². The van der Waals surface area contributed by atoms with Crippen LogP contribution in [-0.4, -0.2) is 47.4 Å². The van der Waals surface area contributed by atoms with Gasteiger partial charge in [0.1, 0.15) is 0 Å². The molecule has 0 fully saturated rings. The molecule has 0 saturated heterocycles. The van der Waals surface area contributed by atoms with E-state index in [1.807, 2.05) is 0 Å². The van der Waals surface area contributed by atoms with Gasteiger partial charge in [0.2, 0.25) is 5.91 Å². The molecule has 3 N–H and O–H groups in total. The maximum absolute atomic E-state index is 12.5. The van der Waals surface area contributed by atoms with Crippen LogP contribution in [0.25, 0.3) is 0 Å². The zero-order valence-corrected chi connectivity index (χ0v) is 42.3. The third-order valence-corrected chi connectivity index (χ3v) is 13.0. The number of carbonyl (C=O) groups excluding carboxylic acids is 2. The van der Waals surface area contributed by atoms with Crippen LogP contribution in [0, 0.1) is 0 Å². The first kappa shape index (κ1) is 61.3. The van der Waals surface area contributed by atoms with Crippen molar-refractivity contribution in [3.63, 3.8) is 0 Å². The first-order chi connectivity index (χ1) is 31.0. The predicted molar refractivity (Wildman–Crippen MR) is 273 cm³/mol.